The maximum absolute atomic E-state index is 11.7. The van der Waals surface area contributed by atoms with Gasteiger partial charge in [0, 0.05) is 12.6 Å². The summed E-state index contributed by atoms with van der Waals surface area (Å²) in [5.41, 5.74) is 0. The predicted molar refractivity (Wildman–Crippen MR) is 78.8 cm³/mol. The average Bonchev–Trinajstić information content (AvgIpc) is 2.82. The third kappa shape index (κ3) is 6.27. The fraction of sp³-hybridized carbons (Fsp3) is 0.562. The number of rotatable bonds is 8. The molecule has 106 valence electrons. The highest BCUT2D eigenvalue weighted by Crippen LogP contribution is 2.11. The number of nitrogens with one attached hydrogen (secondary N) is 1. The smallest absolute Gasteiger partial charge is 0.244 e. The Morgan fingerprint density at radius 1 is 1.42 bits per heavy atom. The fourth-order valence-corrected chi connectivity index (χ4v) is 1.95. The molecule has 1 rings (SSSR count). The van der Waals surface area contributed by atoms with E-state index < -0.39 is 0 Å². The standard InChI is InChI=1S/C16H25NO2/c1-4-6-7-14(5-2)12-17-16(18)11-10-15-9-8-13(3)19-15/h8-11,14H,4-7,12H2,1-3H3,(H,17,18). The zero-order chi connectivity index (χ0) is 14.1. The Kier molecular flexibility index (Phi) is 7.01. The van der Waals surface area contributed by atoms with Crippen LogP contribution in [-0.2, 0) is 4.79 Å². The number of furan rings is 1. The number of hydrogen-bond acceptors (Lipinski definition) is 2. The van der Waals surface area contributed by atoms with Crippen LogP contribution in [0.5, 0.6) is 0 Å². The molecule has 1 aromatic rings. The first-order chi connectivity index (χ1) is 9.15. The molecule has 3 nitrogen and oxygen atoms in total. The molecule has 1 N–H and O–H groups in total. The van der Waals surface area contributed by atoms with Crippen LogP contribution >= 0.6 is 0 Å². The van der Waals surface area contributed by atoms with E-state index in [-0.39, 0.29) is 5.91 Å². The van der Waals surface area contributed by atoms with Crippen LogP contribution in [-0.4, -0.2) is 12.5 Å². The van der Waals surface area contributed by atoms with Crippen molar-refractivity contribution in [2.75, 3.05) is 6.54 Å². The molecule has 0 aliphatic heterocycles. The van der Waals surface area contributed by atoms with Crippen molar-refractivity contribution in [2.24, 2.45) is 5.92 Å². The number of amides is 1. The van der Waals surface area contributed by atoms with E-state index in [0.717, 1.165) is 18.7 Å². The lowest BCUT2D eigenvalue weighted by Gasteiger charge is -2.14. The minimum absolute atomic E-state index is 0.0519. The van der Waals surface area contributed by atoms with Crippen LogP contribution in [0.3, 0.4) is 0 Å². The molecule has 0 bridgehead atoms. The average molecular weight is 263 g/mol. The lowest BCUT2D eigenvalue weighted by molar-refractivity contribution is -0.116. The van der Waals surface area contributed by atoms with E-state index in [1.807, 2.05) is 19.1 Å². The maximum Gasteiger partial charge on any atom is 0.244 e. The van der Waals surface area contributed by atoms with Gasteiger partial charge in [-0.3, -0.25) is 4.79 Å². The van der Waals surface area contributed by atoms with Gasteiger partial charge in [-0.15, -0.1) is 0 Å². The molecule has 1 unspecified atom stereocenters. The van der Waals surface area contributed by atoms with Gasteiger partial charge in [-0.05, 0) is 37.5 Å². The Morgan fingerprint density at radius 3 is 2.79 bits per heavy atom. The van der Waals surface area contributed by atoms with E-state index in [4.69, 9.17) is 4.42 Å². The summed E-state index contributed by atoms with van der Waals surface area (Å²) in [7, 11) is 0. The molecule has 0 fully saturated rings. The van der Waals surface area contributed by atoms with E-state index in [9.17, 15) is 4.79 Å². The first-order valence-electron chi connectivity index (χ1n) is 7.18. The summed E-state index contributed by atoms with van der Waals surface area (Å²) in [5, 5.41) is 2.95. The predicted octanol–water partition coefficient (Wildman–Crippen LogP) is 3.93. The molecular weight excluding hydrogens is 238 g/mol. The van der Waals surface area contributed by atoms with Gasteiger partial charge in [-0.25, -0.2) is 0 Å². The van der Waals surface area contributed by atoms with Crippen LogP contribution in [0.4, 0.5) is 0 Å². The molecule has 19 heavy (non-hydrogen) atoms. The lowest BCUT2D eigenvalue weighted by atomic mass is 9.99. The normalized spacial score (nSPS) is 12.8. The summed E-state index contributed by atoms with van der Waals surface area (Å²) >= 11 is 0. The topological polar surface area (TPSA) is 42.2 Å². The van der Waals surface area contributed by atoms with Gasteiger partial charge in [0.2, 0.25) is 5.91 Å². The second-order valence-electron chi connectivity index (χ2n) is 4.94. The van der Waals surface area contributed by atoms with Crippen molar-refractivity contribution in [3.63, 3.8) is 0 Å². The van der Waals surface area contributed by atoms with Crippen LogP contribution in [0.2, 0.25) is 0 Å². The van der Waals surface area contributed by atoms with Gasteiger partial charge in [-0.1, -0.05) is 33.1 Å². The van der Waals surface area contributed by atoms with Crippen LogP contribution in [0.1, 0.15) is 51.1 Å². The Bertz CT molecular complexity index is 407. The van der Waals surface area contributed by atoms with E-state index in [2.05, 4.69) is 19.2 Å². The van der Waals surface area contributed by atoms with Gasteiger partial charge in [-0.2, -0.15) is 0 Å². The summed E-state index contributed by atoms with van der Waals surface area (Å²) in [6.07, 6.45) is 7.98. The Labute approximate surface area is 116 Å². The van der Waals surface area contributed by atoms with E-state index in [1.54, 1.807) is 6.08 Å². The highest BCUT2D eigenvalue weighted by molar-refractivity contribution is 5.91. The molecule has 0 saturated carbocycles. The third-order valence-electron chi connectivity index (χ3n) is 3.27. The Balaban J connectivity index is 2.32. The van der Waals surface area contributed by atoms with Crippen molar-refractivity contribution in [1.82, 2.24) is 5.32 Å². The minimum atomic E-state index is -0.0519. The molecule has 0 aliphatic carbocycles. The quantitative estimate of drug-likeness (QED) is 0.722. The largest absolute Gasteiger partial charge is 0.462 e. The van der Waals surface area contributed by atoms with Crippen molar-refractivity contribution >= 4 is 12.0 Å². The van der Waals surface area contributed by atoms with Gasteiger partial charge >= 0.3 is 0 Å². The Hall–Kier alpha value is -1.51. The molecule has 0 radical (unpaired) electrons. The number of aryl methyl sites for hydroxylation is 1. The molecule has 3 heteroatoms. The highest BCUT2D eigenvalue weighted by Gasteiger charge is 2.06. The van der Waals surface area contributed by atoms with Crippen LogP contribution in [0.25, 0.3) is 6.08 Å². The van der Waals surface area contributed by atoms with E-state index >= 15 is 0 Å². The van der Waals surface area contributed by atoms with Crippen molar-refractivity contribution in [1.29, 1.82) is 0 Å². The molecule has 1 aromatic heterocycles. The molecule has 1 amide bonds. The molecule has 1 heterocycles. The summed E-state index contributed by atoms with van der Waals surface area (Å²) < 4.78 is 5.37. The molecule has 0 aliphatic rings. The molecule has 0 aromatic carbocycles. The molecule has 1 atom stereocenters. The van der Waals surface area contributed by atoms with Gasteiger partial charge in [0.1, 0.15) is 11.5 Å². The van der Waals surface area contributed by atoms with Crippen LogP contribution in [0.15, 0.2) is 22.6 Å². The summed E-state index contributed by atoms with van der Waals surface area (Å²) in [5.74, 6) is 2.10. The lowest BCUT2D eigenvalue weighted by Crippen LogP contribution is -2.27. The number of hydrogen-bond donors (Lipinski definition) is 1. The summed E-state index contributed by atoms with van der Waals surface area (Å²) in [4.78, 5) is 11.7. The van der Waals surface area contributed by atoms with E-state index in [0.29, 0.717) is 11.7 Å². The summed E-state index contributed by atoms with van der Waals surface area (Å²) in [6, 6.07) is 3.74. The first-order valence-corrected chi connectivity index (χ1v) is 7.18. The number of unbranched alkanes of at least 4 members (excludes halogenated alkanes) is 1. The van der Waals surface area contributed by atoms with Gasteiger partial charge in [0.05, 0.1) is 0 Å². The van der Waals surface area contributed by atoms with Crippen molar-refractivity contribution in [2.45, 2.75) is 46.5 Å². The van der Waals surface area contributed by atoms with E-state index in [1.165, 1.54) is 25.3 Å². The fourth-order valence-electron chi connectivity index (χ4n) is 1.95. The van der Waals surface area contributed by atoms with Crippen LogP contribution < -0.4 is 5.32 Å². The van der Waals surface area contributed by atoms with Crippen LogP contribution in [0, 0.1) is 12.8 Å². The minimum Gasteiger partial charge on any atom is -0.462 e. The maximum atomic E-state index is 11.7. The monoisotopic (exact) mass is 263 g/mol. The highest BCUT2D eigenvalue weighted by atomic mass is 16.3. The van der Waals surface area contributed by atoms with Crippen molar-refractivity contribution in [3.8, 4) is 0 Å². The number of carbonyl (C=O) groups excluding carboxylic acids is 1. The zero-order valence-corrected chi connectivity index (χ0v) is 12.2. The Morgan fingerprint density at radius 2 is 2.21 bits per heavy atom. The number of carbonyl (C=O) groups is 1. The van der Waals surface area contributed by atoms with Crippen molar-refractivity contribution < 1.29 is 9.21 Å². The van der Waals surface area contributed by atoms with Gasteiger partial charge < -0.3 is 9.73 Å². The molecule has 0 saturated heterocycles. The second-order valence-corrected chi connectivity index (χ2v) is 4.94. The zero-order valence-electron chi connectivity index (χ0n) is 12.2. The molecular formula is C16H25NO2. The SMILES string of the molecule is CCCCC(CC)CNC(=O)C=Cc1ccc(C)o1. The van der Waals surface area contributed by atoms with Gasteiger partial charge in [0.25, 0.3) is 0 Å². The van der Waals surface area contributed by atoms with Gasteiger partial charge in [0.15, 0.2) is 0 Å². The molecule has 0 spiro atoms. The second kappa shape index (κ2) is 8.57. The first kappa shape index (κ1) is 15.5. The third-order valence-corrected chi connectivity index (χ3v) is 3.27. The summed E-state index contributed by atoms with van der Waals surface area (Å²) in [6.45, 7) is 7.02. The van der Waals surface area contributed by atoms with Crippen molar-refractivity contribution in [3.05, 3.63) is 29.7 Å².